The number of aromatic nitrogens is 1. The van der Waals surface area contributed by atoms with Gasteiger partial charge in [0.2, 0.25) is 5.78 Å². The molecule has 1 unspecified atom stereocenters. The molecule has 1 aromatic carbocycles. The summed E-state index contributed by atoms with van der Waals surface area (Å²) in [5, 5.41) is 14.5. The molecule has 148 valence electrons. The molecule has 0 aliphatic carbocycles. The molecule has 0 radical (unpaired) electrons. The van der Waals surface area contributed by atoms with Crippen molar-refractivity contribution in [2.75, 3.05) is 12.0 Å². The summed E-state index contributed by atoms with van der Waals surface area (Å²) in [4.78, 5) is 27.3. The first-order chi connectivity index (χ1) is 13.9. The number of rotatable bonds is 5. The van der Waals surface area contributed by atoms with Gasteiger partial charge in [-0.05, 0) is 43.7 Å². The zero-order chi connectivity index (χ0) is 20.7. The van der Waals surface area contributed by atoms with E-state index in [1.165, 1.54) is 18.1 Å². The fourth-order valence-corrected chi connectivity index (χ4v) is 3.36. The van der Waals surface area contributed by atoms with Gasteiger partial charge in [0.25, 0.3) is 5.91 Å². The average Bonchev–Trinajstić information content (AvgIpc) is 3.40. The quantitative estimate of drug-likeness (QED) is 0.658. The van der Waals surface area contributed by atoms with Crippen molar-refractivity contribution in [3.63, 3.8) is 0 Å². The van der Waals surface area contributed by atoms with Crippen LogP contribution in [0.3, 0.4) is 0 Å². The van der Waals surface area contributed by atoms with Gasteiger partial charge < -0.3 is 18.8 Å². The lowest BCUT2D eigenvalue weighted by molar-refractivity contribution is -0.117. The standard InChI is InChI=1S/C21H18N2O6/c1-11-7-8-15(28-11)19(24)17-18(13-5-4-6-14(10-13)27-3)23(21(26)20(17)25)16-9-12(2)29-22-16/h4-10,18,25H,1-3H3. The number of nitrogens with zero attached hydrogens (tertiary/aromatic N) is 2. The number of methoxy groups -OCH3 is 1. The first-order valence-corrected chi connectivity index (χ1v) is 8.85. The van der Waals surface area contributed by atoms with Crippen LogP contribution in [0.4, 0.5) is 5.82 Å². The van der Waals surface area contributed by atoms with Crippen LogP contribution in [-0.4, -0.2) is 29.1 Å². The van der Waals surface area contributed by atoms with Crippen LogP contribution in [-0.2, 0) is 4.79 Å². The summed E-state index contributed by atoms with van der Waals surface area (Å²) >= 11 is 0. The largest absolute Gasteiger partial charge is 0.503 e. The number of amides is 1. The predicted octanol–water partition coefficient (Wildman–Crippen LogP) is 3.68. The van der Waals surface area contributed by atoms with E-state index in [2.05, 4.69) is 5.16 Å². The van der Waals surface area contributed by atoms with Crippen molar-refractivity contribution >= 4 is 17.5 Å². The molecule has 0 saturated heterocycles. The number of hydrogen-bond donors (Lipinski definition) is 1. The number of anilines is 1. The Morgan fingerprint density at radius 3 is 2.59 bits per heavy atom. The van der Waals surface area contributed by atoms with Crippen molar-refractivity contribution in [1.29, 1.82) is 0 Å². The predicted molar refractivity (Wildman–Crippen MR) is 102 cm³/mol. The molecule has 1 N–H and O–H groups in total. The van der Waals surface area contributed by atoms with E-state index in [0.29, 0.717) is 22.8 Å². The second kappa shape index (κ2) is 6.97. The number of aliphatic hydroxyl groups is 1. The average molecular weight is 394 g/mol. The Hall–Kier alpha value is -3.81. The molecule has 29 heavy (non-hydrogen) atoms. The number of aliphatic hydroxyl groups excluding tert-OH is 1. The Balaban J connectivity index is 1.88. The van der Waals surface area contributed by atoms with Crippen molar-refractivity contribution in [3.8, 4) is 5.75 Å². The first kappa shape index (κ1) is 18.5. The summed E-state index contributed by atoms with van der Waals surface area (Å²) in [6, 6.07) is 10.7. The van der Waals surface area contributed by atoms with Gasteiger partial charge in [0.05, 0.1) is 18.7 Å². The fraction of sp³-hybridized carbons (Fsp3) is 0.190. The molecular formula is C21H18N2O6. The molecule has 1 aliphatic heterocycles. The molecule has 0 saturated carbocycles. The third-order valence-corrected chi connectivity index (χ3v) is 4.69. The van der Waals surface area contributed by atoms with E-state index in [1.807, 2.05) is 0 Å². The zero-order valence-electron chi connectivity index (χ0n) is 16.0. The number of benzene rings is 1. The van der Waals surface area contributed by atoms with Gasteiger partial charge in [-0.25, -0.2) is 0 Å². The van der Waals surface area contributed by atoms with Crippen LogP contribution in [0, 0.1) is 13.8 Å². The third-order valence-electron chi connectivity index (χ3n) is 4.69. The lowest BCUT2D eigenvalue weighted by Gasteiger charge is -2.24. The van der Waals surface area contributed by atoms with Crippen LogP contribution in [0.1, 0.15) is 33.7 Å². The second-order valence-corrected chi connectivity index (χ2v) is 6.65. The maximum Gasteiger partial charge on any atom is 0.295 e. The van der Waals surface area contributed by atoms with Crippen LogP contribution in [0.15, 0.2) is 62.7 Å². The second-order valence-electron chi connectivity index (χ2n) is 6.65. The minimum absolute atomic E-state index is 0.0305. The molecule has 8 nitrogen and oxygen atoms in total. The molecule has 0 spiro atoms. The van der Waals surface area contributed by atoms with Gasteiger partial charge in [-0.1, -0.05) is 17.3 Å². The Labute approximate surface area is 166 Å². The Bertz CT molecular complexity index is 1140. The van der Waals surface area contributed by atoms with E-state index in [0.717, 1.165) is 0 Å². The van der Waals surface area contributed by atoms with Crippen molar-refractivity contribution in [2.24, 2.45) is 0 Å². The van der Waals surface area contributed by atoms with E-state index in [9.17, 15) is 14.7 Å². The maximum atomic E-state index is 13.2. The molecule has 4 rings (SSSR count). The van der Waals surface area contributed by atoms with Gasteiger partial charge in [0, 0.05) is 6.07 Å². The highest BCUT2D eigenvalue weighted by atomic mass is 16.5. The highest BCUT2D eigenvalue weighted by molar-refractivity contribution is 6.19. The molecule has 0 fully saturated rings. The number of carbonyl (C=O) groups is 2. The highest BCUT2D eigenvalue weighted by Gasteiger charge is 2.46. The number of hydrogen-bond acceptors (Lipinski definition) is 7. The monoisotopic (exact) mass is 394 g/mol. The lowest BCUT2D eigenvalue weighted by Crippen LogP contribution is -2.31. The Morgan fingerprint density at radius 1 is 1.17 bits per heavy atom. The van der Waals surface area contributed by atoms with Crippen molar-refractivity contribution in [1.82, 2.24) is 5.16 Å². The number of furan rings is 1. The summed E-state index contributed by atoms with van der Waals surface area (Å²) in [6.07, 6.45) is 0. The van der Waals surface area contributed by atoms with Gasteiger partial charge in [-0.3, -0.25) is 14.5 Å². The summed E-state index contributed by atoms with van der Waals surface area (Å²) in [5.41, 5.74) is 0.465. The number of ketones is 1. The molecule has 1 atom stereocenters. The number of aryl methyl sites for hydroxylation is 2. The summed E-state index contributed by atoms with van der Waals surface area (Å²) in [7, 11) is 1.52. The molecule has 3 aromatic rings. The maximum absolute atomic E-state index is 13.2. The Kier molecular flexibility index (Phi) is 4.46. The van der Waals surface area contributed by atoms with Crippen molar-refractivity contribution in [3.05, 3.63) is 76.6 Å². The van der Waals surface area contributed by atoms with E-state index >= 15 is 0 Å². The van der Waals surface area contributed by atoms with E-state index in [4.69, 9.17) is 13.7 Å². The normalized spacial score (nSPS) is 16.6. The van der Waals surface area contributed by atoms with Crippen LogP contribution < -0.4 is 9.64 Å². The zero-order valence-corrected chi connectivity index (χ0v) is 16.0. The fourth-order valence-electron chi connectivity index (χ4n) is 3.36. The first-order valence-electron chi connectivity index (χ1n) is 8.85. The van der Waals surface area contributed by atoms with E-state index in [-0.39, 0.29) is 17.2 Å². The minimum Gasteiger partial charge on any atom is -0.503 e. The molecular weight excluding hydrogens is 376 g/mol. The lowest BCUT2D eigenvalue weighted by atomic mass is 9.95. The van der Waals surface area contributed by atoms with Crippen molar-refractivity contribution < 1.29 is 28.4 Å². The number of carbonyl (C=O) groups excluding carboxylic acids is 2. The summed E-state index contributed by atoms with van der Waals surface area (Å²) in [6.45, 7) is 3.39. The van der Waals surface area contributed by atoms with Gasteiger partial charge in [0.1, 0.15) is 17.3 Å². The van der Waals surface area contributed by atoms with Gasteiger partial charge in [-0.15, -0.1) is 0 Å². The number of ether oxygens (including phenoxy) is 1. The topological polar surface area (TPSA) is 106 Å². The van der Waals surface area contributed by atoms with Gasteiger partial charge in [0.15, 0.2) is 17.3 Å². The van der Waals surface area contributed by atoms with Gasteiger partial charge >= 0.3 is 0 Å². The van der Waals surface area contributed by atoms with Crippen LogP contribution in [0.2, 0.25) is 0 Å². The Morgan fingerprint density at radius 2 is 1.97 bits per heavy atom. The van der Waals surface area contributed by atoms with E-state index in [1.54, 1.807) is 50.2 Å². The molecule has 2 aromatic heterocycles. The minimum atomic E-state index is -0.931. The molecule has 8 heteroatoms. The highest BCUT2D eigenvalue weighted by Crippen LogP contribution is 2.42. The molecule has 0 bridgehead atoms. The third kappa shape index (κ3) is 3.08. The SMILES string of the molecule is COc1cccc(C2C(C(=O)c3ccc(C)o3)=C(O)C(=O)N2c2cc(C)on2)c1. The molecule has 1 aliphatic rings. The van der Waals surface area contributed by atoms with Crippen LogP contribution >= 0.6 is 0 Å². The van der Waals surface area contributed by atoms with Gasteiger partial charge in [-0.2, -0.15) is 0 Å². The summed E-state index contributed by atoms with van der Waals surface area (Å²) < 4.78 is 15.8. The van der Waals surface area contributed by atoms with Crippen molar-refractivity contribution in [2.45, 2.75) is 19.9 Å². The van der Waals surface area contributed by atoms with Crippen LogP contribution in [0.5, 0.6) is 5.75 Å². The molecule has 1 amide bonds. The smallest absolute Gasteiger partial charge is 0.295 e. The number of Topliss-reactive ketones (excluding diaryl/α,β-unsaturated/α-hetero) is 1. The summed E-state index contributed by atoms with van der Waals surface area (Å²) in [5.74, 6) is -0.209. The van der Waals surface area contributed by atoms with Crippen LogP contribution in [0.25, 0.3) is 0 Å². The molecule has 3 heterocycles. The van der Waals surface area contributed by atoms with E-state index < -0.39 is 23.5 Å².